The Morgan fingerprint density at radius 2 is 1.83 bits per heavy atom. The number of rotatable bonds is 7. The van der Waals surface area contributed by atoms with Gasteiger partial charge in [-0.3, -0.25) is 4.79 Å². The number of nitrogens with one attached hydrogen (secondary N) is 2. The molecule has 0 aromatic heterocycles. The zero-order chi connectivity index (χ0) is 13.4. The zero-order valence-electron chi connectivity index (χ0n) is 12.2. The molecule has 0 radical (unpaired) electrons. The second-order valence-corrected chi connectivity index (χ2v) is 5.68. The van der Waals surface area contributed by atoms with E-state index in [1.54, 1.807) is 0 Å². The molecule has 1 saturated heterocycles. The molecule has 1 rings (SSSR count). The number of likely N-dealkylation sites (tertiary alicyclic amines) is 1. The van der Waals surface area contributed by atoms with Crippen LogP contribution in [0.3, 0.4) is 0 Å². The maximum atomic E-state index is 11.6. The van der Waals surface area contributed by atoms with Gasteiger partial charge in [0.15, 0.2) is 0 Å². The van der Waals surface area contributed by atoms with Crippen LogP contribution in [-0.2, 0) is 4.79 Å². The fourth-order valence-electron chi connectivity index (χ4n) is 2.09. The Morgan fingerprint density at radius 1 is 1.17 bits per heavy atom. The normalized spacial score (nSPS) is 18.9. The third kappa shape index (κ3) is 6.36. The quantitative estimate of drug-likeness (QED) is 0.672. The summed E-state index contributed by atoms with van der Waals surface area (Å²) >= 11 is 0. The Balaban J connectivity index is 2.01. The van der Waals surface area contributed by atoms with Gasteiger partial charge in [0.05, 0.1) is 6.54 Å². The molecule has 0 spiro atoms. The molecule has 1 fully saturated rings. The Bertz CT molecular complexity index is 237. The molecule has 1 aliphatic rings. The molecule has 1 aliphatic heterocycles. The van der Waals surface area contributed by atoms with Crippen LogP contribution in [0.5, 0.6) is 0 Å². The molecule has 4 heteroatoms. The van der Waals surface area contributed by atoms with Gasteiger partial charge in [0, 0.05) is 19.1 Å². The lowest BCUT2D eigenvalue weighted by Crippen LogP contribution is -2.43. The van der Waals surface area contributed by atoms with Crippen molar-refractivity contribution in [3.8, 4) is 0 Å². The van der Waals surface area contributed by atoms with Crippen molar-refractivity contribution in [1.82, 2.24) is 15.5 Å². The summed E-state index contributed by atoms with van der Waals surface area (Å²) in [5, 5.41) is 6.23. The van der Waals surface area contributed by atoms with Gasteiger partial charge in [-0.2, -0.15) is 0 Å². The van der Waals surface area contributed by atoms with E-state index in [1.807, 2.05) is 0 Å². The van der Waals surface area contributed by atoms with Gasteiger partial charge in [-0.05, 0) is 38.8 Å². The minimum atomic E-state index is 0.106. The minimum Gasteiger partial charge on any atom is -0.352 e. The summed E-state index contributed by atoms with van der Waals surface area (Å²) in [7, 11) is 0. The van der Waals surface area contributed by atoms with Crippen molar-refractivity contribution in [3.63, 3.8) is 0 Å². The van der Waals surface area contributed by atoms with Crippen molar-refractivity contribution in [2.45, 2.75) is 46.1 Å². The molecule has 1 atom stereocenters. The van der Waals surface area contributed by atoms with E-state index < -0.39 is 0 Å². The number of amides is 1. The van der Waals surface area contributed by atoms with Crippen LogP contribution in [0, 0.1) is 5.92 Å². The van der Waals surface area contributed by atoms with Crippen LogP contribution in [-0.4, -0.2) is 49.6 Å². The van der Waals surface area contributed by atoms with Gasteiger partial charge in [0.2, 0.25) is 5.91 Å². The summed E-state index contributed by atoms with van der Waals surface area (Å²) in [6, 6.07) is 0.251. The molecule has 1 amide bonds. The van der Waals surface area contributed by atoms with Crippen molar-refractivity contribution >= 4 is 5.91 Å². The van der Waals surface area contributed by atoms with Gasteiger partial charge in [-0.15, -0.1) is 0 Å². The molecular formula is C14H29N3O. The number of hydrogen-bond donors (Lipinski definition) is 2. The topological polar surface area (TPSA) is 44.4 Å². The molecule has 1 heterocycles. The standard InChI is InChI=1S/C14H29N3O/c1-12(2)13(3)16-14(18)11-15-7-10-17-8-5-4-6-9-17/h12-13,15H,4-11H2,1-3H3,(H,16,18). The maximum absolute atomic E-state index is 11.6. The van der Waals surface area contributed by atoms with E-state index in [0.29, 0.717) is 12.5 Å². The van der Waals surface area contributed by atoms with Gasteiger partial charge in [-0.25, -0.2) is 0 Å². The summed E-state index contributed by atoms with van der Waals surface area (Å²) in [5.41, 5.74) is 0. The van der Waals surface area contributed by atoms with Crippen LogP contribution in [0.2, 0.25) is 0 Å². The first kappa shape index (κ1) is 15.4. The summed E-state index contributed by atoms with van der Waals surface area (Å²) in [6.07, 6.45) is 4.03. The third-order valence-electron chi connectivity index (χ3n) is 3.73. The van der Waals surface area contributed by atoms with Crippen LogP contribution < -0.4 is 10.6 Å². The lowest BCUT2D eigenvalue weighted by Gasteiger charge is -2.26. The SMILES string of the molecule is CC(C)C(C)NC(=O)CNCCN1CCCCC1. The second-order valence-electron chi connectivity index (χ2n) is 5.68. The van der Waals surface area contributed by atoms with Gasteiger partial charge in [0.1, 0.15) is 0 Å². The van der Waals surface area contributed by atoms with E-state index in [9.17, 15) is 4.79 Å². The summed E-state index contributed by atoms with van der Waals surface area (Å²) < 4.78 is 0. The van der Waals surface area contributed by atoms with Crippen LogP contribution in [0.15, 0.2) is 0 Å². The monoisotopic (exact) mass is 255 g/mol. The number of nitrogens with zero attached hydrogens (tertiary/aromatic N) is 1. The summed E-state index contributed by atoms with van der Waals surface area (Å²) in [4.78, 5) is 14.1. The van der Waals surface area contributed by atoms with E-state index in [1.165, 1.54) is 32.4 Å². The lowest BCUT2D eigenvalue weighted by atomic mass is 10.1. The smallest absolute Gasteiger partial charge is 0.234 e. The van der Waals surface area contributed by atoms with E-state index in [0.717, 1.165) is 13.1 Å². The first-order valence-electron chi connectivity index (χ1n) is 7.32. The van der Waals surface area contributed by atoms with Crippen molar-refractivity contribution < 1.29 is 4.79 Å². The zero-order valence-corrected chi connectivity index (χ0v) is 12.2. The van der Waals surface area contributed by atoms with E-state index in [4.69, 9.17) is 0 Å². The predicted octanol–water partition coefficient (Wildman–Crippen LogP) is 1.22. The molecule has 0 aromatic carbocycles. The molecular weight excluding hydrogens is 226 g/mol. The van der Waals surface area contributed by atoms with Crippen LogP contribution >= 0.6 is 0 Å². The highest BCUT2D eigenvalue weighted by atomic mass is 16.1. The fraction of sp³-hybridized carbons (Fsp3) is 0.929. The van der Waals surface area contributed by atoms with Gasteiger partial charge < -0.3 is 15.5 Å². The molecule has 4 nitrogen and oxygen atoms in total. The molecule has 0 aliphatic carbocycles. The Kier molecular flexibility index (Phi) is 7.28. The number of hydrogen-bond acceptors (Lipinski definition) is 3. The van der Waals surface area contributed by atoms with Crippen molar-refractivity contribution in [2.75, 3.05) is 32.7 Å². The van der Waals surface area contributed by atoms with Crippen molar-refractivity contribution in [2.24, 2.45) is 5.92 Å². The van der Waals surface area contributed by atoms with E-state index >= 15 is 0 Å². The van der Waals surface area contributed by atoms with Crippen LogP contribution in [0.25, 0.3) is 0 Å². The summed E-state index contributed by atoms with van der Waals surface area (Å²) in [5.74, 6) is 0.595. The first-order chi connectivity index (χ1) is 8.59. The highest BCUT2D eigenvalue weighted by Gasteiger charge is 2.11. The van der Waals surface area contributed by atoms with E-state index in [2.05, 4.69) is 36.3 Å². The van der Waals surface area contributed by atoms with Crippen molar-refractivity contribution in [1.29, 1.82) is 0 Å². The molecule has 2 N–H and O–H groups in total. The third-order valence-corrected chi connectivity index (χ3v) is 3.73. The Morgan fingerprint density at radius 3 is 2.44 bits per heavy atom. The number of piperidine rings is 1. The molecule has 106 valence electrons. The first-order valence-corrected chi connectivity index (χ1v) is 7.32. The van der Waals surface area contributed by atoms with Gasteiger partial charge in [0.25, 0.3) is 0 Å². The van der Waals surface area contributed by atoms with Crippen molar-refractivity contribution in [3.05, 3.63) is 0 Å². The minimum absolute atomic E-state index is 0.106. The second kappa shape index (κ2) is 8.48. The molecule has 18 heavy (non-hydrogen) atoms. The Labute approximate surface area is 111 Å². The predicted molar refractivity (Wildman–Crippen MR) is 75.6 cm³/mol. The van der Waals surface area contributed by atoms with Crippen LogP contribution in [0.4, 0.5) is 0 Å². The number of carbonyl (C=O) groups is 1. The fourth-order valence-corrected chi connectivity index (χ4v) is 2.09. The largest absolute Gasteiger partial charge is 0.352 e. The molecule has 1 unspecified atom stereocenters. The average molecular weight is 255 g/mol. The molecule has 0 aromatic rings. The maximum Gasteiger partial charge on any atom is 0.234 e. The average Bonchev–Trinajstić information content (AvgIpc) is 2.35. The summed E-state index contributed by atoms with van der Waals surface area (Å²) in [6.45, 7) is 11.1. The van der Waals surface area contributed by atoms with Crippen LogP contribution in [0.1, 0.15) is 40.0 Å². The van der Waals surface area contributed by atoms with Gasteiger partial charge in [-0.1, -0.05) is 20.3 Å². The highest BCUT2D eigenvalue weighted by molar-refractivity contribution is 5.78. The van der Waals surface area contributed by atoms with Gasteiger partial charge >= 0.3 is 0 Å². The van der Waals surface area contributed by atoms with E-state index in [-0.39, 0.29) is 11.9 Å². The highest BCUT2D eigenvalue weighted by Crippen LogP contribution is 2.07. The molecule has 0 bridgehead atoms. The Hall–Kier alpha value is -0.610. The number of carbonyl (C=O) groups excluding carboxylic acids is 1. The lowest BCUT2D eigenvalue weighted by molar-refractivity contribution is -0.121. The molecule has 0 saturated carbocycles.